The highest BCUT2D eigenvalue weighted by Crippen LogP contribution is 2.34. The zero-order valence-corrected chi connectivity index (χ0v) is 14.6. The zero-order valence-electron chi connectivity index (χ0n) is 14.6. The summed E-state index contributed by atoms with van der Waals surface area (Å²) in [5, 5.41) is 0. The molecule has 0 N–H and O–H groups in total. The Bertz CT molecular complexity index is 900. The van der Waals surface area contributed by atoms with Crippen molar-refractivity contribution >= 4 is 11.1 Å². The van der Waals surface area contributed by atoms with Crippen molar-refractivity contribution < 1.29 is 13.2 Å². The summed E-state index contributed by atoms with van der Waals surface area (Å²) in [6.45, 7) is 4.03. The van der Waals surface area contributed by atoms with Crippen LogP contribution in [0.25, 0.3) is 11.1 Å². The highest BCUT2D eigenvalue weighted by Gasteiger charge is 2.30. The van der Waals surface area contributed by atoms with Crippen LogP contribution in [-0.4, -0.2) is 0 Å². The predicted molar refractivity (Wildman–Crippen MR) is 101 cm³/mol. The fraction of sp³-hybridized carbons (Fsp3) is 0.130. The van der Waals surface area contributed by atoms with E-state index in [4.69, 9.17) is 0 Å². The third-order valence-corrected chi connectivity index (χ3v) is 4.42. The Morgan fingerprint density at radius 2 is 1.15 bits per heavy atom. The highest BCUT2D eigenvalue weighted by atomic mass is 19.4. The summed E-state index contributed by atoms with van der Waals surface area (Å²) in [6.07, 6.45) is -4.33. The lowest BCUT2D eigenvalue weighted by atomic mass is 9.90. The Hall–Kier alpha value is -2.81. The van der Waals surface area contributed by atoms with Gasteiger partial charge < -0.3 is 0 Å². The number of hydrogen-bond donors (Lipinski definition) is 0. The Labute approximate surface area is 151 Å². The molecular weight excluding hydrogens is 333 g/mol. The SMILES string of the molecule is C/C(=C(/c1ccccc1)c1ccc(C(F)(F)F)cc1)c1ccc(C)cc1. The van der Waals surface area contributed by atoms with Crippen LogP contribution in [0.4, 0.5) is 13.2 Å². The molecule has 0 nitrogen and oxygen atoms in total. The van der Waals surface area contributed by atoms with Gasteiger partial charge in [-0.25, -0.2) is 0 Å². The molecule has 0 aliphatic carbocycles. The second kappa shape index (κ2) is 7.20. The fourth-order valence-corrected chi connectivity index (χ4v) is 2.98. The van der Waals surface area contributed by atoms with E-state index in [0.717, 1.165) is 45.5 Å². The first kappa shape index (κ1) is 18.0. The zero-order chi connectivity index (χ0) is 18.7. The molecule has 0 spiro atoms. The lowest BCUT2D eigenvalue weighted by Crippen LogP contribution is -2.04. The molecular formula is C23H19F3. The molecule has 3 rings (SSSR count). The van der Waals surface area contributed by atoms with Crippen molar-refractivity contribution in [3.63, 3.8) is 0 Å². The number of rotatable bonds is 3. The first-order valence-electron chi connectivity index (χ1n) is 8.37. The minimum atomic E-state index is -4.33. The minimum Gasteiger partial charge on any atom is -0.166 e. The van der Waals surface area contributed by atoms with Crippen LogP contribution in [0.5, 0.6) is 0 Å². The van der Waals surface area contributed by atoms with E-state index in [-0.39, 0.29) is 0 Å². The minimum absolute atomic E-state index is 0.637. The van der Waals surface area contributed by atoms with Crippen molar-refractivity contribution in [3.05, 3.63) is 107 Å². The molecule has 0 atom stereocenters. The van der Waals surface area contributed by atoms with Crippen molar-refractivity contribution in [2.75, 3.05) is 0 Å². The Kier molecular flexibility index (Phi) is 4.99. The monoisotopic (exact) mass is 352 g/mol. The number of aryl methyl sites for hydroxylation is 1. The van der Waals surface area contributed by atoms with Gasteiger partial charge in [-0.15, -0.1) is 0 Å². The number of benzene rings is 3. The lowest BCUT2D eigenvalue weighted by molar-refractivity contribution is -0.137. The highest BCUT2D eigenvalue weighted by molar-refractivity contribution is 5.97. The molecule has 3 heteroatoms. The molecule has 0 radical (unpaired) electrons. The molecule has 132 valence electrons. The van der Waals surface area contributed by atoms with Gasteiger partial charge in [-0.1, -0.05) is 72.3 Å². The van der Waals surface area contributed by atoms with Gasteiger partial charge in [0.05, 0.1) is 5.56 Å². The summed E-state index contributed by atoms with van der Waals surface area (Å²) in [5.74, 6) is 0. The van der Waals surface area contributed by atoms with E-state index in [1.807, 2.05) is 68.4 Å². The molecule has 0 bridgehead atoms. The van der Waals surface area contributed by atoms with Crippen molar-refractivity contribution in [1.82, 2.24) is 0 Å². The summed E-state index contributed by atoms with van der Waals surface area (Å²) < 4.78 is 38.7. The van der Waals surface area contributed by atoms with E-state index in [9.17, 15) is 13.2 Å². The van der Waals surface area contributed by atoms with Crippen molar-refractivity contribution in [2.45, 2.75) is 20.0 Å². The van der Waals surface area contributed by atoms with Crippen LogP contribution in [0, 0.1) is 6.92 Å². The maximum Gasteiger partial charge on any atom is 0.416 e. The molecule has 0 unspecified atom stereocenters. The van der Waals surface area contributed by atoms with Crippen molar-refractivity contribution in [1.29, 1.82) is 0 Å². The van der Waals surface area contributed by atoms with Gasteiger partial charge in [-0.2, -0.15) is 13.2 Å². The number of halogens is 3. The summed E-state index contributed by atoms with van der Waals surface area (Å²) in [4.78, 5) is 0. The lowest BCUT2D eigenvalue weighted by Gasteiger charge is -2.15. The van der Waals surface area contributed by atoms with Gasteiger partial charge in [-0.3, -0.25) is 0 Å². The molecule has 0 amide bonds. The van der Waals surface area contributed by atoms with Gasteiger partial charge >= 0.3 is 6.18 Å². The average Bonchev–Trinajstić information content (AvgIpc) is 2.63. The maximum atomic E-state index is 12.9. The van der Waals surface area contributed by atoms with Gasteiger partial charge in [0.2, 0.25) is 0 Å². The molecule has 0 aliphatic rings. The van der Waals surface area contributed by atoms with Crippen LogP contribution < -0.4 is 0 Å². The summed E-state index contributed by atoms with van der Waals surface area (Å²) in [5.41, 5.74) is 5.28. The van der Waals surface area contributed by atoms with E-state index >= 15 is 0 Å². The van der Waals surface area contributed by atoms with E-state index in [0.29, 0.717) is 0 Å². The predicted octanol–water partition coefficient (Wildman–Crippen LogP) is 6.99. The Morgan fingerprint density at radius 3 is 1.69 bits per heavy atom. The van der Waals surface area contributed by atoms with E-state index in [1.54, 1.807) is 12.1 Å². The Balaban J connectivity index is 2.16. The van der Waals surface area contributed by atoms with Gasteiger partial charge in [0.25, 0.3) is 0 Å². The van der Waals surface area contributed by atoms with E-state index < -0.39 is 11.7 Å². The largest absolute Gasteiger partial charge is 0.416 e. The van der Waals surface area contributed by atoms with Crippen molar-refractivity contribution in [3.8, 4) is 0 Å². The molecule has 3 aromatic carbocycles. The molecule has 0 saturated carbocycles. The quantitative estimate of drug-likeness (QED) is 0.446. The topological polar surface area (TPSA) is 0 Å². The molecule has 0 aromatic heterocycles. The first-order chi connectivity index (χ1) is 12.4. The van der Waals surface area contributed by atoms with Crippen LogP contribution in [0.15, 0.2) is 78.9 Å². The Morgan fingerprint density at radius 1 is 0.654 bits per heavy atom. The molecule has 3 aromatic rings. The number of hydrogen-bond acceptors (Lipinski definition) is 0. The third-order valence-electron chi connectivity index (χ3n) is 4.42. The normalized spacial score (nSPS) is 12.7. The molecule has 26 heavy (non-hydrogen) atoms. The molecule has 0 fully saturated rings. The second-order valence-corrected chi connectivity index (χ2v) is 6.31. The standard InChI is InChI=1S/C23H19F3/c1-16-8-10-18(11-9-16)17(2)22(19-6-4-3-5-7-19)20-12-14-21(15-13-20)23(24,25)26/h3-15H,1-2H3/b22-17+. The van der Waals surface area contributed by atoms with E-state index in [2.05, 4.69) is 0 Å². The molecule has 0 aliphatic heterocycles. The molecule has 0 heterocycles. The van der Waals surface area contributed by atoms with Crippen LogP contribution in [-0.2, 0) is 6.18 Å². The second-order valence-electron chi connectivity index (χ2n) is 6.31. The number of alkyl halides is 3. The van der Waals surface area contributed by atoms with E-state index in [1.165, 1.54) is 0 Å². The summed E-state index contributed by atoms with van der Waals surface area (Å²) in [7, 11) is 0. The van der Waals surface area contributed by atoms with Crippen LogP contribution in [0.1, 0.15) is 34.7 Å². The third kappa shape index (κ3) is 3.88. The number of allylic oxidation sites excluding steroid dienone is 1. The smallest absolute Gasteiger partial charge is 0.166 e. The van der Waals surface area contributed by atoms with Crippen LogP contribution in [0.3, 0.4) is 0 Å². The van der Waals surface area contributed by atoms with Gasteiger partial charge in [0.1, 0.15) is 0 Å². The fourth-order valence-electron chi connectivity index (χ4n) is 2.98. The van der Waals surface area contributed by atoms with Gasteiger partial charge in [0, 0.05) is 0 Å². The van der Waals surface area contributed by atoms with Gasteiger partial charge in [-0.05, 0) is 53.8 Å². The van der Waals surface area contributed by atoms with Crippen molar-refractivity contribution in [2.24, 2.45) is 0 Å². The maximum absolute atomic E-state index is 12.9. The van der Waals surface area contributed by atoms with Crippen LogP contribution in [0.2, 0.25) is 0 Å². The molecule has 0 saturated heterocycles. The average molecular weight is 352 g/mol. The summed E-state index contributed by atoms with van der Waals surface area (Å²) >= 11 is 0. The first-order valence-corrected chi connectivity index (χ1v) is 8.37. The van der Waals surface area contributed by atoms with Crippen LogP contribution >= 0.6 is 0 Å². The van der Waals surface area contributed by atoms with Gasteiger partial charge in [0.15, 0.2) is 0 Å². The summed E-state index contributed by atoms with van der Waals surface area (Å²) in [6, 6.07) is 23.3.